The molecule has 35 heavy (non-hydrogen) atoms. The zero-order valence-electron chi connectivity index (χ0n) is 17.9. The van der Waals surface area contributed by atoms with Gasteiger partial charge in [-0.05, 0) is 42.5 Å². The molecule has 0 saturated carbocycles. The van der Waals surface area contributed by atoms with Crippen LogP contribution >= 0.6 is 0 Å². The number of pyridine rings is 1. The maximum atomic E-state index is 13.0. The van der Waals surface area contributed by atoms with Gasteiger partial charge in [-0.15, -0.1) is 10.2 Å². The van der Waals surface area contributed by atoms with Crippen LogP contribution in [0.15, 0.2) is 54.9 Å². The average Bonchev–Trinajstić information content (AvgIpc) is 2.83. The number of hydrogen-bond acceptors (Lipinski definition) is 5. The Morgan fingerprint density at radius 1 is 0.857 bits per heavy atom. The van der Waals surface area contributed by atoms with E-state index in [2.05, 4.69) is 20.5 Å². The highest BCUT2D eigenvalue weighted by atomic mass is 19.4. The van der Waals surface area contributed by atoms with E-state index in [9.17, 15) is 31.1 Å². The van der Waals surface area contributed by atoms with E-state index in [0.29, 0.717) is 36.7 Å². The van der Waals surface area contributed by atoms with Crippen molar-refractivity contribution < 1.29 is 31.1 Å². The largest absolute Gasteiger partial charge is 0.416 e. The first-order valence-electron chi connectivity index (χ1n) is 10.4. The molecule has 0 radical (unpaired) electrons. The van der Waals surface area contributed by atoms with Crippen LogP contribution in [-0.2, 0) is 12.4 Å². The number of amides is 2. The van der Waals surface area contributed by atoms with Crippen LogP contribution in [0.3, 0.4) is 0 Å². The lowest BCUT2D eigenvalue weighted by Gasteiger charge is -2.35. The summed E-state index contributed by atoms with van der Waals surface area (Å²) in [6.07, 6.45) is -6.70. The van der Waals surface area contributed by atoms with Crippen LogP contribution in [0.4, 0.5) is 42.6 Å². The Kier molecular flexibility index (Phi) is 6.50. The molecule has 3 aromatic rings. The summed E-state index contributed by atoms with van der Waals surface area (Å²) in [7, 11) is 0. The molecule has 0 spiro atoms. The van der Waals surface area contributed by atoms with Crippen LogP contribution in [0.5, 0.6) is 0 Å². The topological polar surface area (TPSA) is 74.2 Å². The fourth-order valence-electron chi connectivity index (χ4n) is 3.53. The molecule has 4 rings (SSSR count). The van der Waals surface area contributed by atoms with Gasteiger partial charge in [0.1, 0.15) is 0 Å². The van der Waals surface area contributed by atoms with E-state index in [4.69, 9.17) is 0 Å². The summed E-state index contributed by atoms with van der Waals surface area (Å²) in [4.78, 5) is 19.7. The van der Waals surface area contributed by atoms with Gasteiger partial charge in [-0.2, -0.15) is 26.3 Å². The normalized spacial score (nSPS) is 14.7. The fraction of sp³-hybridized carbons (Fsp3) is 0.273. The van der Waals surface area contributed by atoms with Crippen LogP contribution in [-0.4, -0.2) is 52.3 Å². The van der Waals surface area contributed by atoms with Crippen molar-refractivity contribution in [2.24, 2.45) is 0 Å². The second kappa shape index (κ2) is 9.39. The summed E-state index contributed by atoms with van der Waals surface area (Å²) in [5, 5.41) is 10.5. The third-order valence-electron chi connectivity index (χ3n) is 5.34. The maximum absolute atomic E-state index is 13.0. The Balaban J connectivity index is 1.40. The van der Waals surface area contributed by atoms with Crippen LogP contribution in [0.1, 0.15) is 11.1 Å². The van der Waals surface area contributed by atoms with Crippen molar-refractivity contribution in [3.05, 3.63) is 66.0 Å². The van der Waals surface area contributed by atoms with E-state index in [0.717, 1.165) is 5.56 Å². The molecule has 7 nitrogen and oxygen atoms in total. The van der Waals surface area contributed by atoms with Crippen molar-refractivity contribution in [1.82, 2.24) is 20.1 Å². The molecule has 3 heterocycles. The Morgan fingerprint density at radius 2 is 1.51 bits per heavy atom. The number of nitrogens with zero attached hydrogens (tertiary/aromatic N) is 5. The number of anilines is 2. The fourth-order valence-corrected chi connectivity index (χ4v) is 3.53. The average molecular weight is 496 g/mol. The zero-order valence-corrected chi connectivity index (χ0v) is 17.9. The standard InChI is InChI=1S/C22H18F6N6O/c23-21(24,25)15-10-16(22(26,27)28)12-17(11-15)30-20(35)34-8-6-33(7-9-34)19-4-3-18(31-32-19)14-2-1-5-29-13-14/h1-5,10-13H,6-9H2,(H,30,35). The number of benzene rings is 1. The zero-order chi connectivity index (χ0) is 25.2. The van der Waals surface area contributed by atoms with Crippen LogP contribution in [0.25, 0.3) is 11.3 Å². The van der Waals surface area contributed by atoms with Crippen molar-refractivity contribution >= 4 is 17.5 Å². The van der Waals surface area contributed by atoms with Crippen molar-refractivity contribution in [3.8, 4) is 11.3 Å². The predicted octanol–water partition coefficient (Wildman–Crippen LogP) is 4.93. The number of rotatable bonds is 3. The van der Waals surface area contributed by atoms with E-state index in [1.54, 1.807) is 30.6 Å². The van der Waals surface area contributed by atoms with Gasteiger partial charge in [-0.25, -0.2) is 4.79 Å². The summed E-state index contributed by atoms with van der Waals surface area (Å²) in [6, 6.07) is 7.33. The van der Waals surface area contributed by atoms with Gasteiger partial charge in [-0.3, -0.25) is 4.98 Å². The lowest BCUT2D eigenvalue weighted by Crippen LogP contribution is -2.50. The molecule has 1 aromatic carbocycles. The van der Waals surface area contributed by atoms with Gasteiger partial charge in [0.25, 0.3) is 0 Å². The van der Waals surface area contributed by atoms with E-state index in [-0.39, 0.29) is 19.2 Å². The third kappa shape index (κ3) is 5.78. The molecule has 1 saturated heterocycles. The molecule has 0 aliphatic carbocycles. The van der Waals surface area contributed by atoms with Gasteiger partial charge in [-0.1, -0.05) is 0 Å². The summed E-state index contributed by atoms with van der Waals surface area (Å²) in [5.74, 6) is 0.574. The first-order chi connectivity index (χ1) is 16.5. The van der Waals surface area contributed by atoms with Crippen molar-refractivity contribution in [1.29, 1.82) is 0 Å². The third-order valence-corrected chi connectivity index (χ3v) is 5.34. The number of halogens is 6. The first kappa shape index (κ1) is 24.2. The Labute approximate surface area is 195 Å². The van der Waals surface area contributed by atoms with Gasteiger partial charge in [0.15, 0.2) is 5.82 Å². The second-order valence-corrected chi connectivity index (χ2v) is 7.72. The Hall–Kier alpha value is -3.90. The lowest BCUT2D eigenvalue weighted by molar-refractivity contribution is -0.143. The monoisotopic (exact) mass is 496 g/mol. The highest BCUT2D eigenvalue weighted by molar-refractivity contribution is 5.89. The smallest absolute Gasteiger partial charge is 0.352 e. The highest BCUT2D eigenvalue weighted by Gasteiger charge is 2.37. The molecule has 1 aliphatic heterocycles. The number of nitrogens with one attached hydrogen (secondary N) is 1. The quantitative estimate of drug-likeness (QED) is 0.521. The number of aromatic nitrogens is 3. The Morgan fingerprint density at radius 3 is 2.03 bits per heavy atom. The van der Waals surface area contributed by atoms with Gasteiger partial charge in [0, 0.05) is 49.8 Å². The van der Waals surface area contributed by atoms with Gasteiger partial charge < -0.3 is 15.1 Å². The van der Waals surface area contributed by atoms with E-state index in [1.165, 1.54) is 4.90 Å². The molecular formula is C22H18F6N6O. The summed E-state index contributed by atoms with van der Waals surface area (Å²) in [5.41, 5.74) is -2.14. The molecule has 0 unspecified atom stereocenters. The molecule has 0 bridgehead atoms. The number of urea groups is 1. The molecule has 184 valence electrons. The number of alkyl halides is 6. The first-order valence-corrected chi connectivity index (χ1v) is 10.4. The van der Waals surface area contributed by atoms with Gasteiger partial charge in [0.2, 0.25) is 0 Å². The molecular weight excluding hydrogens is 478 g/mol. The van der Waals surface area contributed by atoms with Crippen LogP contribution in [0.2, 0.25) is 0 Å². The molecule has 0 atom stereocenters. The number of carbonyl (C=O) groups is 1. The minimum absolute atomic E-state index is 0.00897. The van der Waals surface area contributed by atoms with Crippen molar-refractivity contribution in [2.45, 2.75) is 12.4 Å². The molecule has 1 N–H and O–H groups in total. The summed E-state index contributed by atoms with van der Waals surface area (Å²) < 4.78 is 78.3. The molecule has 13 heteroatoms. The van der Waals surface area contributed by atoms with Crippen molar-refractivity contribution in [3.63, 3.8) is 0 Å². The van der Waals surface area contributed by atoms with Gasteiger partial charge in [0.05, 0.1) is 16.8 Å². The number of carbonyl (C=O) groups excluding carboxylic acids is 1. The Bertz CT molecular complexity index is 1140. The molecule has 1 aliphatic rings. The molecule has 1 fully saturated rings. The van der Waals surface area contributed by atoms with Crippen LogP contribution in [0, 0.1) is 0 Å². The second-order valence-electron chi connectivity index (χ2n) is 7.72. The van der Waals surface area contributed by atoms with E-state index >= 15 is 0 Å². The van der Waals surface area contributed by atoms with Crippen LogP contribution < -0.4 is 10.2 Å². The summed E-state index contributed by atoms with van der Waals surface area (Å²) >= 11 is 0. The number of hydrogen-bond donors (Lipinski definition) is 1. The highest BCUT2D eigenvalue weighted by Crippen LogP contribution is 2.37. The van der Waals surface area contributed by atoms with Gasteiger partial charge >= 0.3 is 18.4 Å². The summed E-state index contributed by atoms with van der Waals surface area (Å²) in [6.45, 7) is 1.07. The minimum Gasteiger partial charge on any atom is -0.352 e. The predicted molar refractivity (Wildman–Crippen MR) is 115 cm³/mol. The van der Waals surface area contributed by atoms with E-state index < -0.39 is 35.2 Å². The van der Waals surface area contributed by atoms with Crippen molar-refractivity contribution in [2.75, 3.05) is 36.4 Å². The maximum Gasteiger partial charge on any atom is 0.416 e. The lowest BCUT2D eigenvalue weighted by atomic mass is 10.1. The minimum atomic E-state index is -5.00. The molecule has 2 amide bonds. The number of piperazine rings is 1. The SMILES string of the molecule is O=C(Nc1cc(C(F)(F)F)cc(C(F)(F)F)c1)N1CCN(c2ccc(-c3cccnc3)nn2)CC1. The molecule has 2 aromatic heterocycles. The van der Waals surface area contributed by atoms with E-state index in [1.807, 2.05) is 11.0 Å².